The first-order valence-electron chi connectivity index (χ1n) is 10.0. The maximum atomic E-state index is 13.2. The van der Waals surface area contributed by atoms with Gasteiger partial charge in [0.1, 0.15) is 0 Å². The molecule has 32 heavy (non-hydrogen) atoms. The fraction of sp³-hybridized carbons (Fsp3) is 0.160. The van der Waals surface area contributed by atoms with E-state index < -0.39 is 9.84 Å². The molecule has 0 radical (unpaired) electrons. The number of hydrogen-bond donors (Lipinski definition) is 0. The second-order valence-electron chi connectivity index (χ2n) is 7.61. The normalized spacial score (nSPS) is 16.9. The van der Waals surface area contributed by atoms with Crippen LogP contribution in [0, 0.1) is 0 Å². The molecule has 0 unspecified atom stereocenters. The van der Waals surface area contributed by atoms with E-state index in [2.05, 4.69) is 0 Å². The molecule has 1 aliphatic carbocycles. The van der Waals surface area contributed by atoms with Gasteiger partial charge in [-0.25, -0.2) is 8.42 Å². The molecule has 0 fully saturated rings. The molecule has 0 amide bonds. The summed E-state index contributed by atoms with van der Waals surface area (Å²) in [5, 5.41) is 1.26. The minimum atomic E-state index is -3.64. The Morgan fingerprint density at radius 3 is 2.03 bits per heavy atom. The summed E-state index contributed by atoms with van der Waals surface area (Å²) in [5.74, 6) is -0.469. The maximum Gasteiger partial charge on any atom is 0.182 e. The number of rotatable bonds is 6. The van der Waals surface area contributed by atoms with Crippen molar-refractivity contribution in [3.8, 4) is 0 Å². The van der Waals surface area contributed by atoms with E-state index in [9.17, 15) is 13.2 Å². The molecule has 0 spiro atoms. The van der Waals surface area contributed by atoms with E-state index >= 15 is 0 Å². The Morgan fingerprint density at radius 2 is 1.41 bits per heavy atom. The number of carbonyl (C=O) groups is 1. The van der Waals surface area contributed by atoms with Crippen molar-refractivity contribution in [2.24, 2.45) is 0 Å². The van der Waals surface area contributed by atoms with Crippen LogP contribution in [0.25, 0.3) is 0 Å². The number of sulfone groups is 1. The SMILES string of the molecule is O=C1C[C@H](c2ccc(Cl)cc2)CC(Sc2ccc(Cl)cc2)=C1CS(=O)(=O)c1ccccc1. The molecule has 3 aromatic rings. The molecule has 0 saturated heterocycles. The zero-order chi connectivity index (χ0) is 22.7. The largest absolute Gasteiger partial charge is 0.294 e. The van der Waals surface area contributed by atoms with Crippen molar-refractivity contribution in [3.05, 3.63) is 105 Å². The lowest BCUT2D eigenvalue weighted by Crippen LogP contribution is -2.23. The van der Waals surface area contributed by atoms with Crippen molar-refractivity contribution < 1.29 is 13.2 Å². The van der Waals surface area contributed by atoms with Crippen LogP contribution in [0.2, 0.25) is 10.0 Å². The van der Waals surface area contributed by atoms with E-state index in [0.717, 1.165) is 15.4 Å². The minimum absolute atomic E-state index is 0.0299. The number of benzene rings is 3. The van der Waals surface area contributed by atoms with Crippen LogP contribution in [0.3, 0.4) is 0 Å². The Morgan fingerprint density at radius 1 is 0.812 bits per heavy atom. The summed E-state index contributed by atoms with van der Waals surface area (Å²) >= 11 is 13.5. The van der Waals surface area contributed by atoms with Crippen molar-refractivity contribution in [2.75, 3.05) is 5.75 Å². The van der Waals surface area contributed by atoms with Gasteiger partial charge in [-0.15, -0.1) is 0 Å². The first-order chi connectivity index (χ1) is 15.3. The molecule has 3 aromatic carbocycles. The van der Waals surface area contributed by atoms with Crippen LogP contribution < -0.4 is 0 Å². The first kappa shape index (κ1) is 23.1. The van der Waals surface area contributed by atoms with Gasteiger partial charge in [0, 0.05) is 26.9 Å². The van der Waals surface area contributed by atoms with E-state index in [1.165, 1.54) is 11.8 Å². The zero-order valence-corrected chi connectivity index (χ0v) is 20.1. The van der Waals surface area contributed by atoms with Gasteiger partial charge in [0.15, 0.2) is 15.6 Å². The summed E-state index contributed by atoms with van der Waals surface area (Å²) in [7, 11) is -3.64. The third-order valence-corrected chi connectivity index (χ3v) is 8.70. The summed E-state index contributed by atoms with van der Waals surface area (Å²) in [6, 6.07) is 23.1. The lowest BCUT2D eigenvalue weighted by molar-refractivity contribution is -0.116. The second kappa shape index (κ2) is 9.84. The molecule has 1 atom stereocenters. The van der Waals surface area contributed by atoms with Crippen LogP contribution in [0.5, 0.6) is 0 Å². The summed E-state index contributed by atoms with van der Waals surface area (Å²) in [6.07, 6.45) is 0.853. The summed E-state index contributed by atoms with van der Waals surface area (Å²) in [6.45, 7) is 0. The van der Waals surface area contributed by atoms with Gasteiger partial charge >= 0.3 is 0 Å². The van der Waals surface area contributed by atoms with Gasteiger partial charge in [-0.2, -0.15) is 0 Å². The molecule has 0 saturated carbocycles. The molecule has 3 nitrogen and oxygen atoms in total. The summed E-state index contributed by atoms with van der Waals surface area (Å²) in [5.41, 5.74) is 1.39. The molecule has 164 valence electrons. The highest BCUT2D eigenvalue weighted by Crippen LogP contribution is 2.43. The quantitative estimate of drug-likeness (QED) is 0.365. The Labute approximate surface area is 202 Å². The van der Waals surface area contributed by atoms with Crippen molar-refractivity contribution in [1.29, 1.82) is 0 Å². The topological polar surface area (TPSA) is 51.2 Å². The Hall–Kier alpha value is -2.05. The highest BCUT2D eigenvalue weighted by Gasteiger charge is 2.32. The number of allylic oxidation sites excluding steroid dienone is 1. The predicted molar refractivity (Wildman–Crippen MR) is 131 cm³/mol. The number of Topliss-reactive ketones (excluding diaryl/α,β-unsaturated/α-hetero) is 1. The molecule has 0 bridgehead atoms. The Kier molecular flexibility index (Phi) is 7.11. The number of hydrogen-bond acceptors (Lipinski definition) is 4. The summed E-state index contributed by atoms with van der Waals surface area (Å²) in [4.78, 5) is 15.1. The Balaban J connectivity index is 1.71. The third kappa shape index (κ3) is 5.46. The van der Waals surface area contributed by atoms with Gasteiger partial charge in [0.05, 0.1) is 10.6 Å². The van der Waals surface area contributed by atoms with Crippen molar-refractivity contribution in [2.45, 2.75) is 28.6 Å². The first-order valence-corrected chi connectivity index (χ1v) is 13.3. The van der Waals surface area contributed by atoms with E-state index in [1.807, 2.05) is 36.4 Å². The molecule has 4 rings (SSSR count). The summed E-state index contributed by atoms with van der Waals surface area (Å²) < 4.78 is 26.1. The molecule has 1 aliphatic rings. The van der Waals surface area contributed by atoms with Gasteiger partial charge in [0.2, 0.25) is 0 Å². The fourth-order valence-electron chi connectivity index (χ4n) is 3.70. The lowest BCUT2D eigenvalue weighted by Gasteiger charge is -2.26. The fourth-order valence-corrected chi connectivity index (χ4v) is 6.65. The number of carbonyl (C=O) groups excluding carboxylic acids is 1. The van der Waals surface area contributed by atoms with Gasteiger partial charge in [-0.1, -0.05) is 65.3 Å². The standard InChI is InChI=1S/C25H20Cl2O3S2/c26-19-8-6-17(7-9-19)18-14-24(28)23(16-32(29,30)22-4-2-1-3-5-22)25(15-18)31-21-12-10-20(27)11-13-21/h1-13,18H,14-16H2/t18-/m0/s1. The predicted octanol–water partition coefficient (Wildman–Crippen LogP) is 6.96. The van der Waals surface area contributed by atoms with E-state index in [0.29, 0.717) is 22.0 Å². The van der Waals surface area contributed by atoms with Gasteiger partial charge in [0.25, 0.3) is 0 Å². The molecular weight excluding hydrogens is 483 g/mol. The molecule has 7 heteroatoms. The molecule has 0 aromatic heterocycles. The van der Waals surface area contributed by atoms with Crippen LogP contribution in [-0.4, -0.2) is 20.0 Å². The van der Waals surface area contributed by atoms with Crippen molar-refractivity contribution >= 4 is 50.6 Å². The number of ketones is 1. The van der Waals surface area contributed by atoms with Gasteiger partial charge < -0.3 is 0 Å². The number of thioether (sulfide) groups is 1. The van der Waals surface area contributed by atoms with E-state index in [-0.39, 0.29) is 28.8 Å². The molecule has 0 heterocycles. The monoisotopic (exact) mass is 502 g/mol. The average molecular weight is 503 g/mol. The van der Waals surface area contributed by atoms with Crippen LogP contribution in [0.15, 0.2) is 99.1 Å². The van der Waals surface area contributed by atoms with Crippen LogP contribution in [0.1, 0.15) is 24.3 Å². The third-order valence-electron chi connectivity index (χ3n) is 5.37. The van der Waals surface area contributed by atoms with E-state index in [1.54, 1.807) is 42.5 Å². The number of halogens is 2. The average Bonchev–Trinajstić information content (AvgIpc) is 2.78. The maximum absolute atomic E-state index is 13.2. The van der Waals surface area contributed by atoms with Crippen LogP contribution in [-0.2, 0) is 14.6 Å². The Bertz CT molecular complexity index is 1250. The molecule has 0 aliphatic heterocycles. The smallest absolute Gasteiger partial charge is 0.182 e. The molecule has 0 N–H and O–H groups in total. The van der Waals surface area contributed by atoms with E-state index in [4.69, 9.17) is 23.2 Å². The second-order valence-corrected chi connectivity index (χ2v) is 11.6. The highest BCUT2D eigenvalue weighted by molar-refractivity contribution is 8.03. The lowest BCUT2D eigenvalue weighted by atomic mass is 9.84. The highest BCUT2D eigenvalue weighted by atomic mass is 35.5. The van der Waals surface area contributed by atoms with Crippen molar-refractivity contribution in [1.82, 2.24) is 0 Å². The minimum Gasteiger partial charge on any atom is -0.294 e. The zero-order valence-electron chi connectivity index (χ0n) is 17.0. The van der Waals surface area contributed by atoms with Crippen molar-refractivity contribution in [3.63, 3.8) is 0 Å². The van der Waals surface area contributed by atoms with Crippen LogP contribution >= 0.6 is 35.0 Å². The van der Waals surface area contributed by atoms with Gasteiger partial charge in [-0.3, -0.25) is 4.79 Å². The molecular formula is C25H20Cl2O3S2. The van der Waals surface area contributed by atoms with Crippen LogP contribution in [0.4, 0.5) is 0 Å². The van der Waals surface area contributed by atoms with Gasteiger partial charge in [-0.05, 0) is 71.3 Å².